The summed E-state index contributed by atoms with van der Waals surface area (Å²) in [5.41, 5.74) is 2.84. The molecule has 1 spiro atoms. The summed E-state index contributed by atoms with van der Waals surface area (Å²) in [6.45, 7) is 11.3. The Morgan fingerprint density at radius 1 is 1.43 bits per heavy atom. The van der Waals surface area contributed by atoms with Crippen molar-refractivity contribution < 1.29 is 4.79 Å². The fraction of sp³-hybridized carbons (Fsp3) is 0.750. The minimum absolute atomic E-state index is 0.0395. The van der Waals surface area contributed by atoms with Crippen LogP contribution in [0.5, 0.6) is 0 Å². The molecule has 1 unspecified atom stereocenters. The van der Waals surface area contributed by atoms with Crippen LogP contribution in [0.2, 0.25) is 0 Å². The van der Waals surface area contributed by atoms with Crippen LogP contribution in [-0.4, -0.2) is 5.78 Å². The molecule has 2 saturated carbocycles. The van der Waals surface area contributed by atoms with E-state index in [0.29, 0.717) is 23.5 Å². The number of fused-ring (bicyclic) bond motifs is 1. The zero-order valence-electron chi connectivity index (χ0n) is 14.3. The highest BCUT2D eigenvalue weighted by molar-refractivity contribution is 6.03. The van der Waals surface area contributed by atoms with E-state index < -0.39 is 0 Å². The summed E-state index contributed by atoms with van der Waals surface area (Å²) in [5, 5.41) is 0. The highest BCUT2D eigenvalue weighted by atomic mass is 16.1. The molecule has 3 aliphatic rings. The summed E-state index contributed by atoms with van der Waals surface area (Å²) >= 11 is 0. The fourth-order valence-electron chi connectivity index (χ4n) is 5.66. The largest absolute Gasteiger partial charge is 0.294 e. The molecule has 0 aromatic carbocycles. The third-order valence-corrected chi connectivity index (χ3v) is 6.71. The Kier molecular flexibility index (Phi) is 3.66. The molecule has 0 aromatic rings. The minimum Gasteiger partial charge on any atom is -0.294 e. The number of allylic oxidation sites excluding steroid dienone is 4. The van der Waals surface area contributed by atoms with Gasteiger partial charge in [-0.05, 0) is 82.1 Å². The molecular weight excluding hydrogens is 256 g/mol. The van der Waals surface area contributed by atoms with Crippen LogP contribution in [0, 0.1) is 35.0 Å². The normalized spacial score (nSPS) is 42.0. The average molecular weight is 286 g/mol. The first kappa shape index (κ1) is 15.1. The molecule has 0 heterocycles. The van der Waals surface area contributed by atoms with Gasteiger partial charge in [0.1, 0.15) is 0 Å². The summed E-state index contributed by atoms with van der Waals surface area (Å²) in [7, 11) is 0. The Labute approximate surface area is 129 Å². The van der Waals surface area contributed by atoms with Crippen molar-refractivity contribution in [3.8, 4) is 0 Å². The van der Waals surface area contributed by atoms with Crippen LogP contribution >= 0.6 is 0 Å². The van der Waals surface area contributed by atoms with Crippen molar-refractivity contribution in [3.63, 3.8) is 0 Å². The van der Waals surface area contributed by atoms with E-state index in [0.717, 1.165) is 11.8 Å². The lowest BCUT2D eigenvalue weighted by atomic mass is 9.68. The molecule has 3 rings (SSSR count). The molecule has 0 bridgehead atoms. The Bertz CT molecular complexity index is 508. The molecule has 1 heteroatoms. The first-order valence-electron chi connectivity index (χ1n) is 8.76. The second-order valence-electron chi connectivity index (χ2n) is 8.17. The molecule has 0 N–H and O–H groups in total. The highest BCUT2D eigenvalue weighted by Gasteiger charge is 2.76. The van der Waals surface area contributed by atoms with Gasteiger partial charge in [-0.1, -0.05) is 31.1 Å². The van der Waals surface area contributed by atoms with Gasteiger partial charge < -0.3 is 0 Å². The average Bonchev–Trinajstić information content (AvgIpc) is 3.03. The molecule has 3 aliphatic carbocycles. The monoisotopic (exact) mass is 286 g/mol. The molecule has 21 heavy (non-hydrogen) atoms. The Morgan fingerprint density at radius 3 is 2.81 bits per heavy atom. The molecule has 116 valence electrons. The van der Waals surface area contributed by atoms with Crippen LogP contribution in [0.3, 0.4) is 0 Å². The van der Waals surface area contributed by atoms with E-state index >= 15 is 0 Å². The Hall–Kier alpha value is -0.850. The van der Waals surface area contributed by atoms with E-state index in [4.69, 9.17) is 0 Å². The van der Waals surface area contributed by atoms with E-state index in [-0.39, 0.29) is 5.41 Å². The number of carbonyl (C=O) groups is 1. The molecule has 0 amide bonds. The van der Waals surface area contributed by atoms with Crippen LogP contribution in [-0.2, 0) is 4.79 Å². The van der Waals surface area contributed by atoms with Gasteiger partial charge in [-0.2, -0.15) is 0 Å². The highest BCUT2D eigenvalue weighted by Crippen LogP contribution is 2.76. The summed E-state index contributed by atoms with van der Waals surface area (Å²) in [6.07, 6.45) is 9.37. The molecule has 0 aromatic heterocycles. The topological polar surface area (TPSA) is 17.1 Å². The van der Waals surface area contributed by atoms with Crippen molar-refractivity contribution in [2.45, 2.75) is 60.3 Å². The fourth-order valence-corrected chi connectivity index (χ4v) is 5.66. The predicted molar refractivity (Wildman–Crippen MR) is 87.9 cm³/mol. The second-order valence-corrected chi connectivity index (χ2v) is 8.17. The number of hydrogen-bond donors (Lipinski definition) is 0. The maximum absolute atomic E-state index is 12.6. The van der Waals surface area contributed by atoms with Gasteiger partial charge in [0.2, 0.25) is 0 Å². The molecule has 0 radical (unpaired) electrons. The van der Waals surface area contributed by atoms with Gasteiger partial charge in [-0.25, -0.2) is 0 Å². The van der Waals surface area contributed by atoms with Gasteiger partial charge in [-0.3, -0.25) is 4.79 Å². The van der Waals surface area contributed by atoms with Gasteiger partial charge in [0.15, 0.2) is 5.78 Å². The lowest BCUT2D eigenvalue weighted by Crippen LogP contribution is -2.33. The third kappa shape index (κ3) is 2.07. The number of rotatable bonds is 4. The van der Waals surface area contributed by atoms with Crippen molar-refractivity contribution in [2.75, 3.05) is 0 Å². The van der Waals surface area contributed by atoms with Crippen LogP contribution in [0.1, 0.15) is 60.3 Å². The standard InChI is InChI=1S/C20H30O/c1-12(2)7-6-8-13(3)16-10-9-15(5)20-17(21)11-14(4)18(20)19(16)20/h7,11,13,15-16,18-19H,6,8-10H2,1-5H3/t13?,15-,16+,18-,19-,20-/m0/s1. The summed E-state index contributed by atoms with van der Waals surface area (Å²) < 4.78 is 0. The van der Waals surface area contributed by atoms with Gasteiger partial charge in [0, 0.05) is 5.41 Å². The lowest BCUT2D eigenvalue weighted by molar-refractivity contribution is -0.123. The molecule has 0 aliphatic heterocycles. The van der Waals surface area contributed by atoms with E-state index in [9.17, 15) is 4.79 Å². The first-order chi connectivity index (χ1) is 9.90. The molecule has 1 nitrogen and oxygen atoms in total. The molecule has 6 atom stereocenters. The van der Waals surface area contributed by atoms with E-state index in [1.54, 1.807) is 0 Å². The Balaban J connectivity index is 1.73. The van der Waals surface area contributed by atoms with E-state index in [2.05, 4.69) is 40.7 Å². The van der Waals surface area contributed by atoms with Crippen molar-refractivity contribution in [3.05, 3.63) is 23.3 Å². The second kappa shape index (κ2) is 5.11. The van der Waals surface area contributed by atoms with Crippen molar-refractivity contribution >= 4 is 5.78 Å². The molecular formula is C20H30O. The van der Waals surface area contributed by atoms with E-state index in [1.165, 1.54) is 36.8 Å². The van der Waals surface area contributed by atoms with Gasteiger partial charge >= 0.3 is 0 Å². The van der Waals surface area contributed by atoms with Crippen molar-refractivity contribution in [1.82, 2.24) is 0 Å². The van der Waals surface area contributed by atoms with Crippen LogP contribution in [0.15, 0.2) is 23.3 Å². The SMILES string of the molecule is CC(C)=CCCC(C)[C@H]1CC[C@H](C)[C@]23C(=O)C=C(C)[C@H]2[C@H]13. The van der Waals surface area contributed by atoms with Gasteiger partial charge in [-0.15, -0.1) is 0 Å². The molecule has 0 saturated heterocycles. The van der Waals surface area contributed by atoms with Crippen LogP contribution in [0.25, 0.3) is 0 Å². The predicted octanol–water partition coefficient (Wildman–Crippen LogP) is 5.18. The summed E-state index contributed by atoms with van der Waals surface area (Å²) in [6, 6.07) is 0. The number of carbonyl (C=O) groups excluding carboxylic acids is 1. The van der Waals surface area contributed by atoms with Crippen LogP contribution < -0.4 is 0 Å². The summed E-state index contributed by atoms with van der Waals surface area (Å²) in [5.74, 6) is 3.84. The van der Waals surface area contributed by atoms with Gasteiger partial charge in [0.25, 0.3) is 0 Å². The maximum atomic E-state index is 12.6. The first-order valence-corrected chi connectivity index (χ1v) is 8.76. The zero-order valence-corrected chi connectivity index (χ0v) is 14.3. The van der Waals surface area contributed by atoms with Crippen molar-refractivity contribution in [1.29, 1.82) is 0 Å². The van der Waals surface area contributed by atoms with Crippen LogP contribution in [0.4, 0.5) is 0 Å². The Morgan fingerprint density at radius 2 is 2.14 bits per heavy atom. The van der Waals surface area contributed by atoms with Gasteiger partial charge in [0.05, 0.1) is 0 Å². The maximum Gasteiger partial charge on any atom is 0.162 e. The number of ketones is 1. The van der Waals surface area contributed by atoms with Crippen molar-refractivity contribution in [2.24, 2.45) is 35.0 Å². The lowest BCUT2D eigenvalue weighted by Gasteiger charge is -2.35. The smallest absolute Gasteiger partial charge is 0.162 e. The zero-order chi connectivity index (χ0) is 15.4. The summed E-state index contributed by atoms with van der Waals surface area (Å²) in [4.78, 5) is 12.6. The minimum atomic E-state index is 0.0395. The quantitative estimate of drug-likeness (QED) is 0.651. The number of hydrogen-bond acceptors (Lipinski definition) is 1. The third-order valence-electron chi connectivity index (χ3n) is 6.71. The molecule has 2 fully saturated rings. The van der Waals surface area contributed by atoms with E-state index in [1.807, 2.05) is 6.08 Å².